The van der Waals surface area contributed by atoms with Crippen LogP contribution in [0, 0.1) is 13.8 Å². The second-order valence-corrected chi connectivity index (χ2v) is 7.64. The summed E-state index contributed by atoms with van der Waals surface area (Å²) >= 11 is 0. The lowest BCUT2D eigenvalue weighted by atomic mass is 10.0. The van der Waals surface area contributed by atoms with Crippen LogP contribution >= 0.6 is 0 Å². The molecule has 0 spiro atoms. The van der Waals surface area contributed by atoms with Crippen molar-refractivity contribution in [3.05, 3.63) is 28.8 Å². The number of ether oxygens (including phenoxy) is 1. The zero-order valence-corrected chi connectivity index (χ0v) is 13.7. The quantitative estimate of drug-likeness (QED) is 0.721. The minimum atomic E-state index is -2.51. The van der Waals surface area contributed by atoms with Gasteiger partial charge in [0.2, 0.25) is 0 Å². The Bertz CT molecular complexity index is 408. The first-order valence-electron chi connectivity index (χ1n) is 6.31. The third kappa shape index (κ3) is 3.79. The topological polar surface area (TPSA) is 36.9 Å². The molecule has 0 radical (unpaired) electrons. The summed E-state index contributed by atoms with van der Waals surface area (Å²) in [7, 11) is 4.11. The van der Waals surface area contributed by atoms with Gasteiger partial charge < -0.3 is 18.0 Å². The monoisotopic (exact) mass is 284 g/mol. The van der Waals surface area contributed by atoms with E-state index in [0.717, 1.165) is 18.2 Å². The molecule has 1 aromatic rings. The third-order valence-electron chi connectivity index (χ3n) is 3.47. The minimum Gasteiger partial charge on any atom is -0.496 e. The number of hydrogen-bond acceptors (Lipinski definition) is 4. The summed E-state index contributed by atoms with van der Waals surface area (Å²) in [6.45, 7) is 4.14. The average Bonchev–Trinajstić information content (AvgIpc) is 2.44. The van der Waals surface area contributed by atoms with E-state index in [9.17, 15) is 0 Å². The van der Waals surface area contributed by atoms with Crippen molar-refractivity contribution in [3.8, 4) is 5.75 Å². The molecule has 4 nitrogen and oxygen atoms in total. The molecule has 1 aromatic carbocycles. The normalized spacial score (nSPS) is 11.7. The maximum absolute atomic E-state index is 5.45. The second kappa shape index (κ2) is 7.05. The fourth-order valence-corrected chi connectivity index (χ4v) is 3.90. The molecule has 0 amide bonds. The molecule has 0 aliphatic heterocycles. The molecule has 0 atom stereocenters. The molecule has 0 fully saturated rings. The molecule has 0 unspecified atom stereocenters. The van der Waals surface area contributed by atoms with Crippen molar-refractivity contribution in [1.29, 1.82) is 0 Å². The SMILES string of the molecule is COc1cc(C)cc(CC[Si](OC)(OC)OC)c1C. The first-order valence-corrected chi connectivity index (χ1v) is 8.24. The van der Waals surface area contributed by atoms with Crippen molar-refractivity contribution >= 4 is 8.80 Å². The van der Waals surface area contributed by atoms with Crippen LogP contribution in [0.15, 0.2) is 12.1 Å². The fraction of sp³-hybridized carbons (Fsp3) is 0.571. The van der Waals surface area contributed by atoms with Crippen molar-refractivity contribution in [2.75, 3.05) is 28.4 Å². The van der Waals surface area contributed by atoms with Gasteiger partial charge in [-0.15, -0.1) is 0 Å². The van der Waals surface area contributed by atoms with E-state index < -0.39 is 8.80 Å². The lowest BCUT2D eigenvalue weighted by molar-refractivity contribution is 0.123. The third-order valence-corrected chi connectivity index (χ3v) is 6.19. The Kier molecular flexibility index (Phi) is 6.00. The highest BCUT2D eigenvalue weighted by Gasteiger charge is 2.37. The van der Waals surface area contributed by atoms with Crippen LogP contribution in [0.2, 0.25) is 6.04 Å². The zero-order chi connectivity index (χ0) is 14.5. The molecular weight excluding hydrogens is 260 g/mol. The van der Waals surface area contributed by atoms with Crippen LogP contribution in [-0.2, 0) is 19.7 Å². The molecule has 0 aromatic heterocycles. The molecule has 19 heavy (non-hydrogen) atoms. The predicted octanol–water partition coefficient (Wildman–Crippen LogP) is 2.73. The van der Waals surface area contributed by atoms with E-state index in [1.165, 1.54) is 16.7 Å². The number of benzene rings is 1. The van der Waals surface area contributed by atoms with Gasteiger partial charge in [0.15, 0.2) is 0 Å². The molecule has 0 saturated heterocycles. The molecule has 0 bridgehead atoms. The minimum absolute atomic E-state index is 0.754. The predicted molar refractivity (Wildman–Crippen MR) is 77.8 cm³/mol. The van der Waals surface area contributed by atoms with Crippen LogP contribution in [0.3, 0.4) is 0 Å². The van der Waals surface area contributed by atoms with E-state index in [2.05, 4.69) is 19.9 Å². The van der Waals surface area contributed by atoms with Gasteiger partial charge in [0.1, 0.15) is 5.75 Å². The molecule has 5 heteroatoms. The molecule has 108 valence electrons. The standard InChI is InChI=1S/C14H24O4Si/c1-11-9-13(12(2)14(10-11)15-3)7-8-19(16-4,17-5)18-6/h9-10H,7-8H2,1-6H3. The van der Waals surface area contributed by atoms with Gasteiger partial charge in [-0.25, -0.2) is 0 Å². The summed E-state index contributed by atoms with van der Waals surface area (Å²) in [4.78, 5) is 0. The molecule has 0 aliphatic carbocycles. The average molecular weight is 284 g/mol. The van der Waals surface area contributed by atoms with Crippen LogP contribution < -0.4 is 4.74 Å². The maximum Gasteiger partial charge on any atom is 0.500 e. The Morgan fingerprint density at radius 2 is 1.53 bits per heavy atom. The summed E-state index contributed by atoms with van der Waals surface area (Å²) in [6.07, 6.45) is 0.853. The van der Waals surface area contributed by atoms with E-state index in [4.69, 9.17) is 18.0 Å². The molecule has 0 saturated carbocycles. The first-order chi connectivity index (χ1) is 9.01. The number of rotatable bonds is 7. The van der Waals surface area contributed by atoms with Gasteiger partial charge in [0.05, 0.1) is 7.11 Å². The highest BCUT2D eigenvalue weighted by Crippen LogP contribution is 2.26. The zero-order valence-electron chi connectivity index (χ0n) is 12.7. The summed E-state index contributed by atoms with van der Waals surface area (Å²) < 4.78 is 21.7. The number of hydrogen-bond donors (Lipinski definition) is 0. The van der Waals surface area contributed by atoms with E-state index in [0.29, 0.717) is 0 Å². The Morgan fingerprint density at radius 3 is 2.00 bits per heavy atom. The Balaban J connectivity index is 2.91. The second-order valence-electron chi connectivity index (χ2n) is 4.55. The van der Waals surface area contributed by atoms with Crippen molar-refractivity contribution in [1.82, 2.24) is 0 Å². The van der Waals surface area contributed by atoms with Gasteiger partial charge >= 0.3 is 8.80 Å². The van der Waals surface area contributed by atoms with Gasteiger partial charge in [0.25, 0.3) is 0 Å². The Labute approximate surface area is 117 Å². The summed E-state index contributed by atoms with van der Waals surface area (Å²) in [5.74, 6) is 0.925. The molecule has 1 rings (SSSR count). The summed E-state index contributed by atoms with van der Waals surface area (Å²) in [5.41, 5.74) is 3.61. The highest BCUT2D eigenvalue weighted by atomic mass is 28.4. The van der Waals surface area contributed by atoms with Crippen molar-refractivity contribution in [2.24, 2.45) is 0 Å². The van der Waals surface area contributed by atoms with Gasteiger partial charge in [-0.1, -0.05) is 6.07 Å². The van der Waals surface area contributed by atoms with E-state index >= 15 is 0 Å². The van der Waals surface area contributed by atoms with Crippen LogP contribution in [0.25, 0.3) is 0 Å². The van der Waals surface area contributed by atoms with E-state index in [1.807, 2.05) is 6.07 Å². The number of aryl methyl sites for hydroxylation is 2. The largest absolute Gasteiger partial charge is 0.500 e. The molecule has 0 N–H and O–H groups in total. The molecule has 0 heterocycles. The van der Waals surface area contributed by atoms with E-state index in [-0.39, 0.29) is 0 Å². The van der Waals surface area contributed by atoms with Crippen LogP contribution in [-0.4, -0.2) is 37.2 Å². The van der Waals surface area contributed by atoms with E-state index in [1.54, 1.807) is 28.4 Å². The van der Waals surface area contributed by atoms with Gasteiger partial charge in [0, 0.05) is 27.4 Å². The first kappa shape index (κ1) is 16.2. The Hall–Kier alpha value is -0.883. The van der Waals surface area contributed by atoms with Gasteiger partial charge in [-0.3, -0.25) is 0 Å². The lowest BCUT2D eigenvalue weighted by Crippen LogP contribution is -2.43. The van der Waals surface area contributed by atoms with Gasteiger partial charge in [-0.05, 0) is 43.0 Å². The Morgan fingerprint density at radius 1 is 0.947 bits per heavy atom. The van der Waals surface area contributed by atoms with Crippen molar-refractivity contribution in [3.63, 3.8) is 0 Å². The van der Waals surface area contributed by atoms with Crippen molar-refractivity contribution < 1.29 is 18.0 Å². The maximum atomic E-state index is 5.45. The smallest absolute Gasteiger partial charge is 0.496 e. The van der Waals surface area contributed by atoms with Crippen molar-refractivity contribution in [2.45, 2.75) is 26.3 Å². The highest BCUT2D eigenvalue weighted by molar-refractivity contribution is 6.60. The summed E-state index contributed by atoms with van der Waals surface area (Å²) in [5, 5.41) is 0. The van der Waals surface area contributed by atoms with Crippen LogP contribution in [0.5, 0.6) is 5.75 Å². The fourth-order valence-electron chi connectivity index (χ4n) is 2.21. The summed E-state index contributed by atoms with van der Waals surface area (Å²) in [6, 6.07) is 4.98. The lowest BCUT2D eigenvalue weighted by Gasteiger charge is -2.24. The van der Waals surface area contributed by atoms with Crippen LogP contribution in [0.1, 0.15) is 16.7 Å². The molecule has 0 aliphatic rings. The van der Waals surface area contributed by atoms with Crippen LogP contribution in [0.4, 0.5) is 0 Å². The number of methoxy groups -OCH3 is 1. The van der Waals surface area contributed by atoms with Gasteiger partial charge in [-0.2, -0.15) is 0 Å². The molecular formula is C14H24O4Si.